The fourth-order valence-electron chi connectivity index (χ4n) is 4.61. The first kappa shape index (κ1) is 26.6. The van der Waals surface area contributed by atoms with Crippen molar-refractivity contribution in [3.63, 3.8) is 0 Å². The number of methoxy groups -OCH3 is 2. The zero-order valence-corrected chi connectivity index (χ0v) is 21.5. The quantitative estimate of drug-likeness (QED) is 0.352. The Labute approximate surface area is 222 Å². The number of fused-ring (bicyclic) bond motifs is 1. The Hall–Kier alpha value is -4.45. The van der Waals surface area contributed by atoms with E-state index >= 15 is 0 Å². The van der Waals surface area contributed by atoms with Gasteiger partial charge >= 0.3 is 5.91 Å². The van der Waals surface area contributed by atoms with E-state index in [0.717, 1.165) is 11.1 Å². The molecule has 8 heteroatoms. The van der Waals surface area contributed by atoms with Gasteiger partial charge in [-0.1, -0.05) is 60.7 Å². The van der Waals surface area contributed by atoms with Gasteiger partial charge < -0.3 is 19.7 Å². The van der Waals surface area contributed by atoms with E-state index in [-0.39, 0.29) is 5.91 Å². The minimum atomic E-state index is -1.72. The highest BCUT2D eigenvalue weighted by Gasteiger charge is 2.53. The summed E-state index contributed by atoms with van der Waals surface area (Å²) in [4.78, 5) is 42.3. The number of ether oxygens (including phenoxy) is 2. The molecule has 0 spiro atoms. The second kappa shape index (κ2) is 11.3. The monoisotopic (exact) mass is 511 g/mol. The highest BCUT2D eigenvalue weighted by Crippen LogP contribution is 2.45. The molecule has 0 saturated carbocycles. The van der Waals surface area contributed by atoms with Crippen molar-refractivity contribution in [2.24, 2.45) is 0 Å². The van der Waals surface area contributed by atoms with Crippen LogP contribution in [-0.2, 0) is 42.7 Å². The van der Waals surface area contributed by atoms with Crippen LogP contribution in [0.2, 0.25) is 0 Å². The Balaban J connectivity index is 1.69. The van der Waals surface area contributed by atoms with Gasteiger partial charge in [0.1, 0.15) is 6.04 Å². The summed E-state index contributed by atoms with van der Waals surface area (Å²) in [5, 5.41) is 2.85. The Morgan fingerprint density at radius 1 is 1.00 bits per heavy atom. The summed E-state index contributed by atoms with van der Waals surface area (Å²) in [5.74, 6) is -1.09. The average Bonchev–Trinajstić information content (AvgIpc) is 3.19. The molecule has 0 aliphatic carbocycles. The van der Waals surface area contributed by atoms with Gasteiger partial charge in [0.15, 0.2) is 0 Å². The number of amides is 3. The highest BCUT2D eigenvalue weighted by molar-refractivity contribution is 6.11. The predicted molar refractivity (Wildman–Crippen MR) is 144 cm³/mol. The summed E-state index contributed by atoms with van der Waals surface area (Å²) in [6, 6.07) is 23.0. The van der Waals surface area contributed by atoms with Crippen molar-refractivity contribution >= 4 is 29.1 Å². The number of nitrogens with one attached hydrogen (secondary N) is 1. The van der Waals surface area contributed by atoms with Gasteiger partial charge in [-0.2, -0.15) is 0 Å². The lowest BCUT2D eigenvalue weighted by atomic mass is 10.0. The topological polar surface area (TPSA) is 88.2 Å². The van der Waals surface area contributed by atoms with Crippen LogP contribution in [0.15, 0.2) is 78.9 Å². The van der Waals surface area contributed by atoms with E-state index in [1.54, 1.807) is 30.0 Å². The largest absolute Gasteiger partial charge is 0.350 e. The molecule has 0 fully saturated rings. The molecule has 3 aromatic carbocycles. The summed E-state index contributed by atoms with van der Waals surface area (Å²) >= 11 is 0. The SMILES string of the molecule is C#CC(=O)N(c1ccc2c(c1)C(OC)(OC)C(=O)N2Cc1ccccc1)C(C)C(=O)NCc1ccccc1. The molecule has 0 radical (unpaired) electrons. The molecule has 0 aromatic heterocycles. The number of benzene rings is 3. The molecule has 1 unspecified atom stereocenters. The lowest BCUT2D eigenvalue weighted by Crippen LogP contribution is -2.48. The average molecular weight is 512 g/mol. The van der Waals surface area contributed by atoms with E-state index in [2.05, 4.69) is 11.2 Å². The number of nitrogens with zero attached hydrogens (tertiary/aromatic N) is 2. The van der Waals surface area contributed by atoms with E-state index in [1.807, 2.05) is 60.7 Å². The first-order chi connectivity index (χ1) is 18.4. The number of terminal acetylenes is 1. The molecule has 4 rings (SSSR count). The van der Waals surface area contributed by atoms with Crippen LogP contribution in [0.3, 0.4) is 0 Å². The second-order valence-electron chi connectivity index (χ2n) is 8.80. The molecule has 1 aliphatic rings. The molecule has 1 heterocycles. The van der Waals surface area contributed by atoms with Crippen LogP contribution in [0.25, 0.3) is 0 Å². The maximum atomic E-state index is 13.6. The van der Waals surface area contributed by atoms with Gasteiger partial charge in [-0.25, -0.2) is 0 Å². The van der Waals surface area contributed by atoms with Crippen LogP contribution in [-0.4, -0.2) is 38.0 Å². The van der Waals surface area contributed by atoms with Crippen LogP contribution >= 0.6 is 0 Å². The van der Waals surface area contributed by atoms with E-state index < -0.39 is 23.6 Å². The fraction of sp³-hybridized carbons (Fsp3) is 0.233. The molecule has 8 nitrogen and oxygen atoms in total. The van der Waals surface area contributed by atoms with Crippen molar-refractivity contribution in [2.45, 2.75) is 31.8 Å². The number of hydrogen-bond acceptors (Lipinski definition) is 5. The van der Waals surface area contributed by atoms with Crippen LogP contribution < -0.4 is 15.1 Å². The Morgan fingerprint density at radius 2 is 1.61 bits per heavy atom. The summed E-state index contributed by atoms with van der Waals surface area (Å²) in [5.41, 5.74) is 3.16. The van der Waals surface area contributed by atoms with Gasteiger partial charge in [0.2, 0.25) is 5.91 Å². The zero-order chi connectivity index (χ0) is 27.3. The van der Waals surface area contributed by atoms with Crippen LogP contribution in [0.5, 0.6) is 0 Å². The van der Waals surface area contributed by atoms with Gasteiger partial charge in [-0.3, -0.25) is 19.3 Å². The minimum absolute atomic E-state index is 0.297. The first-order valence-electron chi connectivity index (χ1n) is 12.1. The fourth-order valence-corrected chi connectivity index (χ4v) is 4.61. The zero-order valence-electron chi connectivity index (χ0n) is 21.5. The molecule has 1 atom stereocenters. The predicted octanol–water partition coefficient (Wildman–Crippen LogP) is 3.35. The van der Waals surface area contributed by atoms with Crippen molar-refractivity contribution in [3.05, 3.63) is 95.6 Å². The Bertz CT molecular complexity index is 1360. The third-order valence-electron chi connectivity index (χ3n) is 6.61. The molecule has 3 aromatic rings. The first-order valence-corrected chi connectivity index (χ1v) is 12.1. The van der Waals surface area contributed by atoms with E-state index in [9.17, 15) is 14.4 Å². The highest BCUT2D eigenvalue weighted by atomic mass is 16.7. The molecule has 38 heavy (non-hydrogen) atoms. The number of carbonyl (C=O) groups excluding carboxylic acids is 3. The molecule has 194 valence electrons. The number of hydrogen-bond donors (Lipinski definition) is 1. The Morgan fingerprint density at radius 3 is 2.18 bits per heavy atom. The van der Waals surface area contributed by atoms with E-state index in [1.165, 1.54) is 19.1 Å². The van der Waals surface area contributed by atoms with Gasteiger partial charge in [-0.15, -0.1) is 6.42 Å². The summed E-state index contributed by atoms with van der Waals surface area (Å²) in [6.07, 6.45) is 5.48. The second-order valence-corrected chi connectivity index (χ2v) is 8.80. The normalized spacial score (nSPS) is 14.4. The molecule has 0 bridgehead atoms. The lowest BCUT2D eigenvalue weighted by Gasteiger charge is -2.29. The van der Waals surface area contributed by atoms with Crippen molar-refractivity contribution < 1.29 is 23.9 Å². The molecular weight excluding hydrogens is 482 g/mol. The standard InChI is InChI=1S/C30H29N3O5/c1-5-27(34)33(21(2)28(35)31-19-22-12-8-6-9-13-22)24-16-17-26-25(18-24)30(37-3,38-4)29(36)32(26)20-23-14-10-7-11-15-23/h1,6-18,21H,19-20H2,2-4H3,(H,31,35). The number of rotatable bonds is 9. The van der Waals surface area contributed by atoms with Gasteiger partial charge in [0.05, 0.1) is 12.2 Å². The van der Waals surface area contributed by atoms with Gasteiger partial charge in [-0.05, 0) is 42.2 Å². The summed E-state index contributed by atoms with van der Waals surface area (Å²) in [7, 11) is 2.77. The molecule has 3 amide bonds. The summed E-state index contributed by atoms with van der Waals surface area (Å²) in [6.45, 7) is 2.19. The summed E-state index contributed by atoms with van der Waals surface area (Å²) < 4.78 is 11.3. The molecule has 0 saturated heterocycles. The maximum absolute atomic E-state index is 13.6. The molecule has 1 aliphatic heterocycles. The van der Waals surface area contributed by atoms with Crippen LogP contribution in [0.1, 0.15) is 23.6 Å². The molecular formula is C30H29N3O5. The minimum Gasteiger partial charge on any atom is -0.350 e. The number of carbonyl (C=O) groups is 3. The number of anilines is 2. The molecule has 1 N–H and O–H groups in total. The Kier molecular flexibility index (Phi) is 7.91. The third kappa shape index (κ3) is 4.90. The van der Waals surface area contributed by atoms with Crippen molar-refractivity contribution in [2.75, 3.05) is 24.0 Å². The van der Waals surface area contributed by atoms with Crippen molar-refractivity contribution in [3.8, 4) is 12.3 Å². The van der Waals surface area contributed by atoms with Crippen molar-refractivity contribution in [1.29, 1.82) is 0 Å². The maximum Gasteiger partial charge on any atom is 0.303 e. The van der Waals surface area contributed by atoms with E-state index in [0.29, 0.717) is 30.0 Å². The van der Waals surface area contributed by atoms with Crippen molar-refractivity contribution in [1.82, 2.24) is 5.32 Å². The lowest BCUT2D eigenvalue weighted by molar-refractivity contribution is -0.209. The third-order valence-corrected chi connectivity index (χ3v) is 6.61. The smallest absolute Gasteiger partial charge is 0.303 e. The van der Waals surface area contributed by atoms with Crippen LogP contribution in [0.4, 0.5) is 11.4 Å². The van der Waals surface area contributed by atoms with Gasteiger partial charge in [0, 0.05) is 32.0 Å². The van der Waals surface area contributed by atoms with E-state index in [4.69, 9.17) is 15.9 Å². The van der Waals surface area contributed by atoms with Crippen LogP contribution in [0, 0.1) is 12.3 Å². The van der Waals surface area contributed by atoms with Gasteiger partial charge in [0.25, 0.3) is 11.7 Å².